The van der Waals surface area contributed by atoms with Gasteiger partial charge >= 0.3 is 0 Å². The largest absolute Gasteiger partial charge is 0.388 e. The van der Waals surface area contributed by atoms with Gasteiger partial charge in [0.25, 0.3) is 0 Å². The van der Waals surface area contributed by atoms with E-state index in [2.05, 4.69) is 98.1 Å². The SMILES string of the molecule is CNc1ccc(C2CC=C(c3ccc(NC=O)cc3)C2c2ccc(C(C)(C)C)cc2)cc1. The van der Waals surface area contributed by atoms with E-state index in [-0.39, 0.29) is 11.3 Å². The molecule has 2 unspecified atom stereocenters. The van der Waals surface area contributed by atoms with E-state index in [0.717, 1.165) is 17.8 Å². The average molecular weight is 425 g/mol. The van der Waals surface area contributed by atoms with Crippen molar-refractivity contribution in [2.45, 2.75) is 44.4 Å². The molecule has 164 valence electrons. The van der Waals surface area contributed by atoms with Gasteiger partial charge in [-0.15, -0.1) is 0 Å². The van der Waals surface area contributed by atoms with Crippen molar-refractivity contribution >= 4 is 23.4 Å². The third kappa shape index (κ3) is 4.47. The minimum atomic E-state index is 0.136. The molecule has 0 saturated heterocycles. The fraction of sp³-hybridized carbons (Fsp3) is 0.276. The van der Waals surface area contributed by atoms with Crippen LogP contribution >= 0.6 is 0 Å². The number of hydrogen-bond donors (Lipinski definition) is 2. The molecule has 0 bridgehead atoms. The van der Waals surface area contributed by atoms with E-state index in [9.17, 15) is 4.79 Å². The van der Waals surface area contributed by atoms with Crippen molar-refractivity contribution in [3.63, 3.8) is 0 Å². The maximum Gasteiger partial charge on any atom is 0.211 e. The van der Waals surface area contributed by atoms with Crippen LogP contribution in [0.25, 0.3) is 5.57 Å². The van der Waals surface area contributed by atoms with Crippen LogP contribution in [-0.2, 0) is 10.2 Å². The Morgan fingerprint density at radius 2 is 1.41 bits per heavy atom. The summed E-state index contributed by atoms with van der Waals surface area (Å²) in [7, 11) is 1.95. The molecule has 3 aromatic rings. The fourth-order valence-electron chi connectivity index (χ4n) is 4.69. The molecule has 3 nitrogen and oxygen atoms in total. The van der Waals surface area contributed by atoms with Crippen LogP contribution in [0.3, 0.4) is 0 Å². The topological polar surface area (TPSA) is 41.1 Å². The lowest BCUT2D eigenvalue weighted by molar-refractivity contribution is -0.105. The van der Waals surface area contributed by atoms with Crippen LogP contribution in [0.15, 0.2) is 78.9 Å². The number of benzene rings is 3. The Morgan fingerprint density at radius 1 is 0.812 bits per heavy atom. The Morgan fingerprint density at radius 3 is 1.97 bits per heavy atom. The van der Waals surface area contributed by atoms with E-state index < -0.39 is 0 Å². The molecule has 0 fully saturated rings. The predicted octanol–water partition coefficient (Wildman–Crippen LogP) is 6.95. The summed E-state index contributed by atoms with van der Waals surface area (Å²) in [6, 6.07) is 26.2. The number of carbonyl (C=O) groups excluding carboxylic acids is 1. The fourth-order valence-corrected chi connectivity index (χ4v) is 4.69. The highest BCUT2D eigenvalue weighted by Crippen LogP contribution is 2.50. The summed E-state index contributed by atoms with van der Waals surface area (Å²) in [5.74, 6) is 0.679. The van der Waals surface area contributed by atoms with Crippen molar-refractivity contribution < 1.29 is 4.79 Å². The van der Waals surface area contributed by atoms with Crippen molar-refractivity contribution in [2.75, 3.05) is 17.7 Å². The molecule has 1 aliphatic rings. The molecular formula is C29H32N2O. The van der Waals surface area contributed by atoms with E-state index in [1.807, 2.05) is 19.2 Å². The minimum absolute atomic E-state index is 0.136. The van der Waals surface area contributed by atoms with Gasteiger partial charge in [-0.25, -0.2) is 0 Å². The lowest BCUT2D eigenvalue weighted by Crippen LogP contribution is -2.12. The second-order valence-corrected chi connectivity index (χ2v) is 9.56. The first-order valence-corrected chi connectivity index (χ1v) is 11.3. The Balaban J connectivity index is 1.72. The van der Waals surface area contributed by atoms with E-state index in [4.69, 9.17) is 0 Å². The first-order chi connectivity index (χ1) is 15.4. The predicted molar refractivity (Wildman–Crippen MR) is 135 cm³/mol. The summed E-state index contributed by atoms with van der Waals surface area (Å²) in [4.78, 5) is 10.8. The van der Waals surface area contributed by atoms with E-state index in [1.54, 1.807) is 0 Å². The lowest BCUT2D eigenvalue weighted by atomic mass is 9.77. The van der Waals surface area contributed by atoms with Gasteiger partial charge in [-0.1, -0.05) is 75.4 Å². The average Bonchev–Trinajstić information content (AvgIpc) is 3.24. The molecule has 0 radical (unpaired) electrons. The highest BCUT2D eigenvalue weighted by molar-refractivity contribution is 5.78. The molecule has 2 N–H and O–H groups in total. The number of allylic oxidation sites excluding steroid dienone is 2. The molecule has 1 amide bonds. The third-order valence-corrected chi connectivity index (χ3v) is 6.54. The van der Waals surface area contributed by atoms with Crippen LogP contribution in [0.1, 0.15) is 61.3 Å². The van der Waals surface area contributed by atoms with Crippen molar-refractivity contribution in [1.82, 2.24) is 0 Å². The first kappa shape index (κ1) is 21.9. The maximum atomic E-state index is 10.8. The zero-order valence-corrected chi connectivity index (χ0v) is 19.4. The lowest BCUT2D eigenvalue weighted by Gasteiger charge is -2.26. The zero-order chi connectivity index (χ0) is 22.7. The maximum absolute atomic E-state index is 10.8. The van der Waals surface area contributed by atoms with Crippen LogP contribution in [-0.4, -0.2) is 13.5 Å². The van der Waals surface area contributed by atoms with Crippen molar-refractivity contribution in [1.29, 1.82) is 0 Å². The van der Waals surface area contributed by atoms with Crippen LogP contribution in [0.2, 0.25) is 0 Å². The van der Waals surface area contributed by atoms with E-state index in [1.165, 1.54) is 27.8 Å². The summed E-state index contributed by atoms with van der Waals surface area (Å²) < 4.78 is 0. The number of anilines is 2. The van der Waals surface area contributed by atoms with E-state index >= 15 is 0 Å². The van der Waals surface area contributed by atoms with Gasteiger partial charge in [0.2, 0.25) is 6.41 Å². The Labute approximate surface area is 191 Å². The molecule has 4 rings (SSSR count). The summed E-state index contributed by atoms with van der Waals surface area (Å²) in [6.07, 6.45) is 4.11. The van der Waals surface area contributed by atoms with Crippen LogP contribution < -0.4 is 10.6 Å². The second-order valence-electron chi connectivity index (χ2n) is 9.56. The standard InChI is InChI=1S/C29H32N2O/c1-29(2,3)23-11-5-22(6-12-23)28-26(20-7-13-24(30-4)14-8-20)17-18-27(28)21-9-15-25(16-10-21)31-19-32/h5-16,18-19,26,28,30H,17H2,1-4H3,(H,31,32). The van der Waals surface area contributed by atoms with E-state index in [0.29, 0.717) is 12.3 Å². The summed E-state index contributed by atoms with van der Waals surface area (Å²) >= 11 is 0. The zero-order valence-electron chi connectivity index (χ0n) is 19.4. The minimum Gasteiger partial charge on any atom is -0.388 e. The monoisotopic (exact) mass is 424 g/mol. The molecule has 0 spiro atoms. The third-order valence-electron chi connectivity index (χ3n) is 6.54. The summed E-state index contributed by atoms with van der Waals surface area (Å²) in [6.45, 7) is 6.76. The quantitative estimate of drug-likeness (QED) is 0.420. The van der Waals surface area contributed by atoms with Crippen LogP contribution in [0.5, 0.6) is 0 Å². The molecule has 0 aliphatic heterocycles. The smallest absolute Gasteiger partial charge is 0.211 e. The highest BCUT2D eigenvalue weighted by Gasteiger charge is 2.33. The van der Waals surface area contributed by atoms with Crippen LogP contribution in [0.4, 0.5) is 11.4 Å². The number of hydrogen-bond acceptors (Lipinski definition) is 2. The molecule has 2 atom stereocenters. The van der Waals surface area contributed by atoms with Gasteiger partial charge in [-0.2, -0.15) is 0 Å². The van der Waals surface area contributed by atoms with Crippen molar-refractivity contribution in [3.8, 4) is 0 Å². The number of rotatable bonds is 6. The molecular weight excluding hydrogens is 392 g/mol. The molecule has 32 heavy (non-hydrogen) atoms. The van der Waals surface area contributed by atoms with Gasteiger partial charge in [0, 0.05) is 24.3 Å². The highest BCUT2D eigenvalue weighted by atomic mass is 16.1. The summed E-state index contributed by atoms with van der Waals surface area (Å²) in [5, 5.41) is 5.94. The molecule has 1 aliphatic carbocycles. The number of amides is 1. The van der Waals surface area contributed by atoms with Gasteiger partial charge in [-0.05, 0) is 69.8 Å². The number of nitrogens with one attached hydrogen (secondary N) is 2. The van der Waals surface area contributed by atoms with Gasteiger partial charge < -0.3 is 10.6 Å². The second kappa shape index (κ2) is 9.04. The van der Waals surface area contributed by atoms with Gasteiger partial charge in [-0.3, -0.25) is 4.79 Å². The Kier molecular flexibility index (Phi) is 6.18. The first-order valence-electron chi connectivity index (χ1n) is 11.3. The van der Waals surface area contributed by atoms with Gasteiger partial charge in [0.1, 0.15) is 0 Å². The van der Waals surface area contributed by atoms with Gasteiger partial charge in [0.15, 0.2) is 0 Å². The van der Waals surface area contributed by atoms with Gasteiger partial charge in [0.05, 0.1) is 0 Å². The summed E-state index contributed by atoms with van der Waals surface area (Å²) in [5.41, 5.74) is 8.70. The molecule has 0 heterocycles. The van der Waals surface area contributed by atoms with Crippen molar-refractivity contribution in [2.24, 2.45) is 0 Å². The normalized spacial score (nSPS) is 18.2. The number of carbonyl (C=O) groups is 1. The van der Waals surface area contributed by atoms with Crippen LogP contribution in [0, 0.1) is 0 Å². The Hall–Kier alpha value is -3.33. The molecule has 3 aromatic carbocycles. The van der Waals surface area contributed by atoms with Crippen molar-refractivity contribution in [3.05, 3.63) is 101 Å². The molecule has 0 saturated carbocycles. The molecule has 3 heteroatoms. The Bertz CT molecular complexity index is 1090. The molecule has 0 aromatic heterocycles.